The van der Waals surface area contributed by atoms with Gasteiger partial charge in [0.1, 0.15) is 0 Å². The summed E-state index contributed by atoms with van der Waals surface area (Å²) in [7, 11) is 0. The quantitative estimate of drug-likeness (QED) is 0.516. The van der Waals surface area contributed by atoms with Crippen LogP contribution in [0.5, 0.6) is 0 Å². The first-order valence-corrected chi connectivity index (χ1v) is 8.41. The molecule has 5 heteroatoms. The van der Waals surface area contributed by atoms with Crippen LogP contribution in [0.4, 0.5) is 0 Å². The Kier molecular flexibility index (Phi) is 5.82. The van der Waals surface area contributed by atoms with Gasteiger partial charge in [0.15, 0.2) is 5.96 Å². The molecule has 0 spiro atoms. The second kappa shape index (κ2) is 8.68. The van der Waals surface area contributed by atoms with Crippen LogP contribution in [0, 0.1) is 0 Å². The van der Waals surface area contributed by atoms with Gasteiger partial charge >= 0.3 is 0 Å². The molecule has 0 radical (unpaired) electrons. The van der Waals surface area contributed by atoms with E-state index >= 15 is 0 Å². The topological polar surface area (TPSA) is 68.2 Å². The third-order valence-electron chi connectivity index (χ3n) is 3.91. The van der Waals surface area contributed by atoms with Crippen LogP contribution in [0.15, 0.2) is 78.3 Å². The van der Waals surface area contributed by atoms with Crippen molar-refractivity contribution in [1.82, 2.24) is 14.9 Å². The van der Waals surface area contributed by atoms with Crippen molar-refractivity contribution >= 4 is 5.96 Å². The predicted octanol–water partition coefficient (Wildman–Crippen LogP) is 2.58. The van der Waals surface area contributed by atoms with Gasteiger partial charge in [-0.15, -0.1) is 0 Å². The average molecular weight is 333 g/mol. The van der Waals surface area contributed by atoms with Gasteiger partial charge in [-0.3, -0.25) is 0 Å². The Morgan fingerprint density at radius 1 is 1.04 bits per heavy atom. The maximum absolute atomic E-state index is 5.96. The van der Waals surface area contributed by atoms with Gasteiger partial charge in [-0.25, -0.2) is 9.98 Å². The molecule has 0 fully saturated rings. The summed E-state index contributed by atoms with van der Waals surface area (Å²) < 4.78 is 2.04. The minimum absolute atomic E-state index is 0.482. The van der Waals surface area contributed by atoms with E-state index in [2.05, 4.69) is 51.7 Å². The summed E-state index contributed by atoms with van der Waals surface area (Å²) in [5.74, 6) is 0.482. The Morgan fingerprint density at radius 2 is 1.84 bits per heavy atom. The molecule has 5 nitrogen and oxygen atoms in total. The Morgan fingerprint density at radius 3 is 2.64 bits per heavy atom. The van der Waals surface area contributed by atoms with Gasteiger partial charge in [0.2, 0.25) is 0 Å². The molecule has 25 heavy (non-hydrogen) atoms. The zero-order valence-electron chi connectivity index (χ0n) is 14.2. The first-order valence-electron chi connectivity index (χ1n) is 8.41. The molecule has 3 N–H and O–H groups in total. The molecule has 2 aromatic carbocycles. The molecule has 0 unspecified atom stereocenters. The third kappa shape index (κ3) is 5.49. The predicted molar refractivity (Wildman–Crippen MR) is 101 cm³/mol. The summed E-state index contributed by atoms with van der Waals surface area (Å²) in [5, 5.41) is 3.17. The summed E-state index contributed by atoms with van der Waals surface area (Å²) in [6, 6.07) is 18.7. The summed E-state index contributed by atoms with van der Waals surface area (Å²) in [6.07, 6.45) is 6.49. The number of nitrogens with one attached hydrogen (secondary N) is 1. The molecule has 1 aromatic heterocycles. The van der Waals surface area contributed by atoms with E-state index in [0.29, 0.717) is 12.5 Å². The molecule has 0 aliphatic rings. The summed E-state index contributed by atoms with van der Waals surface area (Å²) in [6.45, 7) is 2.16. The highest BCUT2D eigenvalue weighted by molar-refractivity contribution is 5.77. The van der Waals surface area contributed by atoms with Gasteiger partial charge in [-0.1, -0.05) is 54.6 Å². The Labute approximate surface area is 148 Å². The van der Waals surface area contributed by atoms with Crippen LogP contribution in [0.2, 0.25) is 0 Å². The Hall–Kier alpha value is -3.08. The minimum Gasteiger partial charge on any atom is -0.370 e. The summed E-state index contributed by atoms with van der Waals surface area (Å²) >= 11 is 0. The molecule has 0 saturated heterocycles. The largest absolute Gasteiger partial charge is 0.370 e. The smallest absolute Gasteiger partial charge is 0.188 e. The van der Waals surface area contributed by atoms with Crippen molar-refractivity contribution in [2.75, 3.05) is 6.54 Å². The van der Waals surface area contributed by atoms with Crippen molar-refractivity contribution < 1.29 is 0 Å². The zero-order chi connectivity index (χ0) is 17.3. The average Bonchev–Trinajstić information content (AvgIpc) is 3.14. The number of benzene rings is 2. The number of aliphatic imine (C=N–C) groups is 1. The van der Waals surface area contributed by atoms with Gasteiger partial charge < -0.3 is 15.6 Å². The fourth-order valence-corrected chi connectivity index (χ4v) is 2.63. The van der Waals surface area contributed by atoms with E-state index in [-0.39, 0.29) is 0 Å². The lowest BCUT2D eigenvalue weighted by Crippen LogP contribution is -2.33. The van der Waals surface area contributed by atoms with Crippen LogP contribution in [-0.2, 0) is 19.5 Å². The highest BCUT2D eigenvalue weighted by Gasteiger charge is 1.98. The normalized spacial score (nSPS) is 11.4. The van der Waals surface area contributed by atoms with Crippen molar-refractivity contribution in [3.63, 3.8) is 0 Å². The second-order valence-corrected chi connectivity index (χ2v) is 5.92. The highest BCUT2D eigenvalue weighted by atomic mass is 15.1. The molecule has 3 aromatic rings. The van der Waals surface area contributed by atoms with Gasteiger partial charge in [0, 0.05) is 25.5 Å². The fourth-order valence-electron chi connectivity index (χ4n) is 2.63. The standard InChI is InChI=1S/C20H23N5/c21-20(23-10-9-17-5-2-1-3-6-17)24-14-18-7-4-8-19(13-18)15-25-12-11-22-16-25/h1-8,11-13,16H,9-10,14-15H2,(H3,21,23,24). The Bertz CT molecular complexity index is 794. The van der Waals surface area contributed by atoms with E-state index in [1.807, 2.05) is 35.3 Å². The van der Waals surface area contributed by atoms with Gasteiger partial charge in [0.25, 0.3) is 0 Å². The molecular weight excluding hydrogens is 310 g/mol. The maximum Gasteiger partial charge on any atom is 0.188 e. The zero-order valence-corrected chi connectivity index (χ0v) is 14.2. The molecular formula is C20H23N5. The summed E-state index contributed by atoms with van der Waals surface area (Å²) in [4.78, 5) is 8.49. The SMILES string of the molecule is NC(=NCc1cccc(Cn2ccnc2)c1)NCCc1ccccc1. The maximum atomic E-state index is 5.96. The van der Waals surface area contributed by atoms with Crippen molar-refractivity contribution in [1.29, 1.82) is 0 Å². The molecule has 128 valence electrons. The second-order valence-electron chi connectivity index (χ2n) is 5.92. The van der Waals surface area contributed by atoms with Gasteiger partial charge in [0.05, 0.1) is 12.9 Å². The van der Waals surface area contributed by atoms with Crippen LogP contribution in [0.25, 0.3) is 0 Å². The van der Waals surface area contributed by atoms with Crippen molar-refractivity contribution in [3.05, 3.63) is 90.0 Å². The first-order chi connectivity index (χ1) is 12.3. The van der Waals surface area contributed by atoms with Crippen LogP contribution in [0.1, 0.15) is 16.7 Å². The molecule has 0 aliphatic heterocycles. The first kappa shape index (κ1) is 16.8. The van der Waals surface area contributed by atoms with E-state index < -0.39 is 0 Å². The minimum atomic E-state index is 0.482. The van der Waals surface area contributed by atoms with Crippen molar-refractivity contribution in [2.24, 2.45) is 10.7 Å². The number of rotatable bonds is 7. The number of guanidine groups is 1. The fraction of sp³-hybridized carbons (Fsp3) is 0.200. The lowest BCUT2D eigenvalue weighted by molar-refractivity contribution is 0.795. The van der Waals surface area contributed by atoms with E-state index in [1.165, 1.54) is 11.1 Å². The van der Waals surface area contributed by atoms with Crippen LogP contribution in [0.3, 0.4) is 0 Å². The molecule has 0 bridgehead atoms. The molecule has 0 amide bonds. The van der Waals surface area contributed by atoms with E-state index in [4.69, 9.17) is 5.73 Å². The molecule has 1 heterocycles. The third-order valence-corrected chi connectivity index (χ3v) is 3.91. The van der Waals surface area contributed by atoms with Gasteiger partial charge in [-0.2, -0.15) is 0 Å². The number of nitrogens with two attached hydrogens (primary N) is 1. The van der Waals surface area contributed by atoms with E-state index in [0.717, 1.165) is 25.1 Å². The van der Waals surface area contributed by atoms with Crippen molar-refractivity contribution in [2.45, 2.75) is 19.5 Å². The number of hydrogen-bond acceptors (Lipinski definition) is 2. The molecule has 3 rings (SSSR count). The van der Waals surface area contributed by atoms with Gasteiger partial charge in [-0.05, 0) is 23.1 Å². The van der Waals surface area contributed by atoms with E-state index in [1.54, 1.807) is 6.20 Å². The summed E-state index contributed by atoms with van der Waals surface area (Å²) in [5.41, 5.74) is 9.61. The van der Waals surface area contributed by atoms with Crippen LogP contribution in [-0.4, -0.2) is 22.1 Å². The van der Waals surface area contributed by atoms with E-state index in [9.17, 15) is 0 Å². The van der Waals surface area contributed by atoms with Crippen LogP contribution >= 0.6 is 0 Å². The monoisotopic (exact) mass is 333 g/mol. The number of nitrogens with zero attached hydrogens (tertiary/aromatic N) is 3. The number of aromatic nitrogens is 2. The lowest BCUT2D eigenvalue weighted by Gasteiger charge is -2.07. The lowest BCUT2D eigenvalue weighted by atomic mass is 10.1. The van der Waals surface area contributed by atoms with Crippen molar-refractivity contribution in [3.8, 4) is 0 Å². The Balaban J connectivity index is 1.49. The molecule has 0 aliphatic carbocycles. The molecule has 0 atom stereocenters. The van der Waals surface area contributed by atoms with Crippen LogP contribution < -0.4 is 11.1 Å². The highest BCUT2D eigenvalue weighted by Crippen LogP contribution is 2.08. The number of imidazole rings is 1. The molecule has 0 saturated carbocycles. The number of hydrogen-bond donors (Lipinski definition) is 2.